The normalized spacial score (nSPS) is 9.89. The van der Waals surface area contributed by atoms with Gasteiger partial charge in [-0.3, -0.25) is 4.90 Å². The molecule has 0 saturated heterocycles. The van der Waals surface area contributed by atoms with Gasteiger partial charge in [-0.15, -0.1) is 0 Å². The minimum absolute atomic E-state index is 1.02. The molecule has 0 aliphatic heterocycles. The fourth-order valence-corrected chi connectivity index (χ4v) is 1.96. The van der Waals surface area contributed by atoms with Crippen molar-refractivity contribution in [3.05, 3.63) is 71.8 Å². The van der Waals surface area contributed by atoms with E-state index in [1.165, 1.54) is 11.1 Å². The SMILES string of the molecule is CC.CCN(Cc1ccccc1)Cc1ccccc1. The van der Waals surface area contributed by atoms with E-state index in [4.69, 9.17) is 0 Å². The van der Waals surface area contributed by atoms with E-state index in [1.54, 1.807) is 0 Å². The van der Waals surface area contributed by atoms with Crippen molar-refractivity contribution in [3.8, 4) is 0 Å². The Morgan fingerprint density at radius 2 is 1.05 bits per heavy atom. The van der Waals surface area contributed by atoms with Gasteiger partial charge in [0.1, 0.15) is 0 Å². The lowest BCUT2D eigenvalue weighted by Crippen LogP contribution is -2.22. The Kier molecular flexibility index (Phi) is 7.60. The summed E-state index contributed by atoms with van der Waals surface area (Å²) >= 11 is 0. The molecule has 0 N–H and O–H groups in total. The van der Waals surface area contributed by atoms with Crippen LogP contribution in [-0.4, -0.2) is 11.4 Å². The largest absolute Gasteiger partial charge is 0.295 e. The number of hydrogen-bond acceptors (Lipinski definition) is 1. The van der Waals surface area contributed by atoms with E-state index in [-0.39, 0.29) is 0 Å². The molecule has 1 nitrogen and oxygen atoms in total. The van der Waals surface area contributed by atoms with Gasteiger partial charge >= 0.3 is 0 Å². The Bertz CT molecular complexity index is 380. The zero-order chi connectivity index (χ0) is 13.9. The monoisotopic (exact) mass is 255 g/mol. The lowest BCUT2D eigenvalue weighted by molar-refractivity contribution is 0.271. The highest BCUT2D eigenvalue weighted by molar-refractivity contribution is 5.16. The first-order valence-electron chi connectivity index (χ1n) is 7.18. The Morgan fingerprint density at radius 3 is 1.37 bits per heavy atom. The van der Waals surface area contributed by atoms with Gasteiger partial charge in [-0.2, -0.15) is 0 Å². The number of hydrogen-bond donors (Lipinski definition) is 0. The molecule has 0 aliphatic rings. The van der Waals surface area contributed by atoms with Crippen molar-refractivity contribution in [1.82, 2.24) is 4.90 Å². The van der Waals surface area contributed by atoms with Crippen LogP contribution in [-0.2, 0) is 13.1 Å². The quantitative estimate of drug-likeness (QED) is 0.746. The van der Waals surface area contributed by atoms with E-state index in [9.17, 15) is 0 Å². The van der Waals surface area contributed by atoms with Crippen LogP contribution in [0.25, 0.3) is 0 Å². The molecule has 19 heavy (non-hydrogen) atoms. The van der Waals surface area contributed by atoms with Crippen molar-refractivity contribution in [2.75, 3.05) is 6.54 Å². The minimum atomic E-state index is 1.02. The highest BCUT2D eigenvalue weighted by Gasteiger charge is 2.03. The van der Waals surface area contributed by atoms with Gasteiger partial charge in [0.25, 0.3) is 0 Å². The zero-order valence-corrected chi connectivity index (χ0v) is 12.3. The first-order valence-corrected chi connectivity index (χ1v) is 7.18. The average molecular weight is 255 g/mol. The second-order valence-electron chi connectivity index (χ2n) is 4.27. The van der Waals surface area contributed by atoms with Crippen LogP contribution in [0.5, 0.6) is 0 Å². The van der Waals surface area contributed by atoms with Crippen molar-refractivity contribution in [2.24, 2.45) is 0 Å². The average Bonchev–Trinajstić information content (AvgIpc) is 2.51. The topological polar surface area (TPSA) is 3.24 Å². The third-order valence-electron chi connectivity index (χ3n) is 2.95. The maximum atomic E-state index is 2.45. The number of benzene rings is 2. The molecule has 0 aromatic heterocycles. The third kappa shape index (κ3) is 5.71. The van der Waals surface area contributed by atoms with Gasteiger partial charge in [0.2, 0.25) is 0 Å². The van der Waals surface area contributed by atoms with Crippen LogP contribution >= 0.6 is 0 Å². The van der Waals surface area contributed by atoms with Gasteiger partial charge in [0, 0.05) is 13.1 Å². The summed E-state index contributed by atoms with van der Waals surface area (Å²) in [4.78, 5) is 2.45. The van der Waals surface area contributed by atoms with Gasteiger partial charge in [0.05, 0.1) is 0 Å². The second-order valence-corrected chi connectivity index (χ2v) is 4.27. The van der Waals surface area contributed by atoms with Crippen LogP contribution in [0.15, 0.2) is 60.7 Å². The molecule has 1 heteroatoms. The molecule has 2 rings (SSSR count). The molecule has 2 aromatic carbocycles. The molecule has 2 aromatic rings. The summed E-state index contributed by atoms with van der Waals surface area (Å²) in [7, 11) is 0. The van der Waals surface area contributed by atoms with Gasteiger partial charge in [-0.25, -0.2) is 0 Å². The van der Waals surface area contributed by atoms with Gasteiger partial charge in [-0.1, -0.05) is 81.4 Å². The summed E-state index contributed by atoms with van der Waals surface area (Å²) in [6, 6.07) is 21.3. The van der Waals surface area contributed by atoms with Crippen LogP contribution in [0, 0.1) is 0 Å². The van der Waals surface area contributed by atoms with Crippen LogP contribution in [0.2, 0.25) is 0 Å². The van der Waals surface area contributed by atoms with E-state index in [1.807, 2.05) is 13.8 Å². The van der Waals surface area contributed by atoms with E-state index in [0.29, 0.717) is 0 Å². The first kappa shape index (κ1) is 15.5. The predicted molar refractivity (Wildman–Crippen MR) is 84.0 cm³/mol. The zero-order valence-electron chi connectivity index (χ0n) is 12.3. The lowest BCUT2D eigenvalue weighted by atomic mass is 10.2. The standard InChI is InChI=1S/C16H19N.C2H6/c1-2-17(13-15-9-5-3-6-10-15)14-16-11-7-4-8-12-16;1-2/h3-12H,2,13-14H2,1H3;1-2H3. The molecular formula is C18H25N. The summed E-state index contributed by atoms with van der Waals surface area (Å²) < 4.78 is 0. The summed E-state index contributed by atoms with van der Waals surface area (Å²) in [5, 5.41) is 0. The lowest BCUT2D eigenvalue weighted by Gasteiger charge is -2.20. The fraction of sp³-hybridized carbons (Fsp3) is 0.333. The van der Waals surface area contributed by atoms with Gasteiger partial charge < -0.3 is 0 Å². The Balaban J connectivity index is 0.000000861. The van der Waals surface area contributed by atoms with Crippen molar-refractivity contribution < 1.29 is 0 Å². The smallest absolute Gasteiger partial charge is 0.0237 e. The van der Waals surface area contributed by atoms with Crippen molar-refractivity contribution in [1.29, 1.82) is 0 Å². The third-order valence-corrected chi connectivity index (χ3v) is 2.95. The fourth-order valence-electron chi connectivity index (χ4n) is 1.96. The summed E-state index contributed by atoms with van der Waals surface area (Å²) in [5.41, 5.74) is 2.76. The molecule has 0 heterocycles. The summed E-state index contributed by atoms with van der Waals surface area (Å²) in [6.07, 6.45) is 0. The van der Waals surface area contributed by atoms with Crippen LogP contribution in [0.3, 0.4) is 0 Å². The molecule has 0 unspecified atom stereocenters. The highest BCUT2D eigenvalue weighted by Crippen LogP contribution is 2.09. The molecule has 0 spiro atoms. The molecule has 0 bridgehead atoms. The molecule has 0 radical (unpaired) electrons. The first-order chi connectivity index (χ1) is 9.38. The maximum Gasteiger partial charge on any atom is 0.0237 e. The van der Waals surface area contributed by atoms with E-state index in [0.717, 1.165) is 19.6 Å². The van der Waals surface area contributed by atoms with Crippen molar-refractivity contribution >= 4 is 0 Å². The van der Waals surface area contributed by atoms with E-state index in [2.05, 4.69) is 72.5 Å². The Morgan fingerprint density at radius 1 is 0.684 bits per heavy atom. The summed E-state index contributed by atoms with van der Waals surface area (Å²) in [5.74, 6) is 0. The van der Waals surface area contributed by atoms with Gasteiger partial charge in [0.15, 0.2) is 0 Å². The molecule has 0 amide bonds. The summed E-state index contributed by atoms with van der Waals surface area (Å²) in [6.45, 7) is 9.33. The van der Waals surface area contributed by atoms with E-state index >= 15 is 0 Å². The molecular weight excluding hydrogens is 230 g/mol. The second kappa shape index (κ2) is 9.35. The number of rotatable bonds is 5. The predicted octanol–water partition coefficient (Wildman–Crippen LogP) is 4.73. The molecule has 102 valence electrons. The van der Waals surface area contributed by atoms with Crippen LogP contribution in [0.4, 0.5) is 0 Å². The molecule has 0 saturated carbocycles. The van der Waals surface area contributed by atoms with Crippen molar-refractivity contribution in [3.63, 3.8) is 0 Å². The molecule has 0 aliphatic carbocycles. The Labute approximate surface area is 117 Å². The van der Waals surface area contributed by atoms with Crippen LogP contribution in [0.1, 0.15) is 31.9 Å². The molecule has 0 fully saturated rings. The van der Waals surface area contributed by atoms with Crippen molar-refractivity contribution in [2.45, 2.75) is 33.9 Å². The minimum Gasteiger partial charge on any atom is -0.295 e. The van der Waals surface area contributed by atoms with E-state index < -0.39 is 0 Å². The number of nitrogens with zero attached hydrogens (tertiary/aromatic N) is 1. The van der Waals surface area contributed by atoms with Gasteiger partial charge in [-0.05, 0) is 17.7 Å². The highest BCUT2D eigenvalue weighted by atomic mass is 15.1. The maximum absolute atomic E-state index is 2.45. The Hall–Kier alpha value is -1.60. The molecule has 0 atom stereocenters. The van der Waals surface area contributed by atoms with Crippen LogP contribution < -0.4 is 0 Å².